The van der Waals surface area contributed by atoms with Gasteiger partial charge in [-0.05, 0) is 31.9 Å². The van der Waals surface area contributed by atoms with E-state index in [1.165, 1.54) is 17.2 Å². The number of allylic oxidation sites excluding steroid dienone is 1. The number of hydrogen-bond acceptors (Lipinski definition) is 4. The summed E-state index contributed by atoms with van der Waals surface area (Å²) in [5.41, 5.74) is 8.49. The van der Waals surface area contributed by atoms with Crippen molar-refractivity contribution in [3.05, 3.63) is 41.1 Å². The minimum atomic E-state index is -4.22. The van der Waals surface area contributed by atoms with E-state index in [4.69, 9.17) is 11.1 Å². The van der Waals surface area contributed by atoms with Gasteiger partial charge in [-0.15, -0.1) is 0 Å². The molecule has 0 atom stereocenters. The van der Waals surface area contributed by atoms with Crippen LogP contribution in [0.4, 0.5) is 19.0 Å². The van der Waals surface area contributed by atoms with Crippen LogP contribution < -0.4 is 16.0 Å². The first-order chi connectivity index (χ1) is 14.5. The number of halogens is 3. The standard InChI is InChI=1S/C21H26F3N5O2/c1-13-16(20(30)31)11-18-15(17(26)3-7-25)6-10-29(18)19(13)27(2)14-4-8-28(9-5-14)12-21(22,23)24/h3,6-7,10-11,14,25H,4-5,8-9,12,26H2,1-2H3,(H,30,31)/p+1/b17-3-,25-7?. The van der Waals surface area contributed by atoms with E-state index in [-0.39, 0.29) is 11.6 Å². The fourth-order valence-electron chi connectivity index (χ4n) is 4.31. The van der Waals surface area contributed by atoms with Gasteiger partial charge in [-0.1, -0.05) is 0 Å². The third kappa shape index (κ3) is 4.68. The molecule has 168 valence electrons. The number of aromatic nitrogens is 1. The zero-order valence-electron chi connectivity index (χ0n) is 17.5. The van der Waals surface area contributed by atoms with Crippen molar-refractivity contribution in [3.8, 4) is 0 Å². The van der Waals surface area contributed by atoms with E-state index < -0.39 is 18.7 Å². The number of piperidine rings is 1. The highest BCUT2D eigenvalue weighted by atomic mass is 19.4. The smallest absolute Gasteiger partial charge is 0.401 e. The highest BCUT2D eigenvalue weighted by molar-refractivity contribution is 5.95. The SMILES string of the molecule is Cc1c(C(=O)O)cc2c(/C(N)=C/C=[NH2+])ccn2c1N(C)C1CCN(CC(F)(F)F)CC1. The number of anilines is 1. The lowest BCUT2D eigenvalue weighted by atomic mass is 10.0. The van der Waals surface area contributed by atoms with E-state index >= 15 is 0 Å². The Morgan fingerprint density at radius 2 is 2.00 bits per heavy atom. The Bertz CT molecular complexity index is 1020. The van der Waals surface area contributed by atoms with Crippen LogP contribution in [0.5, 0.6) is 0 Å². The zero-order valence-corrected chi connectivity index (χ0v) is 17.5. The first-order valence-electron chi connectivity index (χ1n) is 9.94. The highest BCUT2D eigenvalue weighted by Gasteiger charge is 2.34. The first kappa shape index (κ1) is 22.7. The van der Waals surface area contributed by atoms with Crippen molar-refractivity contribution < 1.29 is 28.5 Å². The van der Waals surface area contributed by atoms with Crippen LogP contribution in [0.3, 0.4) is 0 Å². The van der Waals surface area contributed by atoms with E-state index in [0.717, 1.165) is 0 Å². The molecule has 0 unspecified atom stereocenters. The maximum atomic E-state index is 12.7. The topological polar surface area (TPSA) is 99.8 Å². The number of nitrogens with zero attached hydrogens (tertiary/aromatic N) is 3. The molecule has 1 saturated heterocycles. The van der Waals surface area contributed by atoms with E-state index in [1.54, 1.807) is 19.1 Å². The molecule has 3 rings (SSSR count). The molecule has 0 aromatic carbocycles. The Morgan fingerprint density at radius 1 is 1.35 bits per heavy atom. The number of likely N-dealkylation sites (tertiary alicyclic amines) is 1. The summed E-state index contributed by atoms with van der Waals surface area (Å²) in [6.45, 7) is 1.48. The molecule has 3 heterocycles. The molecule has 5 N–H and O–H groups in total. The summed E-state index contributed by atoms with van der Waals surface area (Å²) in [4.78, 5) is 15.3. The van der Waals surface area contributed by atoms with Crippen LogP contribution in [-0.2, 0) is 0 Å². The van der Waals surface area contributed by atoms with Crippen molar-refractivity contribution in [1.29, 1.82) is 0 Å². The number of pyridine rings is 1. The molecule has 2 aromatic heterocycles. The molecule has 1 aliphatic rings. The van der Waals surface area contributed by atoms with Gasteiger partial charge in [0.1, 0.15) is 5.82 Å². The van der Waals surface area contributed by atoms with Gasteiger partial charge in [-0.2, -0.15) is 13.2 Å². The molecular weight excluding hydrogens is 411 g/mol. The third-order valence-electron chi connectivity index (χ3n) is 5.83. The van der Waals surface area contributed by atoms with Gasteiger partial charge >= 0.3 is 12.1 Å². The second-order valence-corrected chi connectivity index (χ2v) is 7.84. The van der Waals surface area contributed by atoms with E-state index in [0.29, 0.717) is 54.1 Å². The number of carboxylic acids is 1. The summed E-state index contributed by atoms with van der Waals surface area (Å²) in [5, 5.41) is 15.2. The summed E-state index contributed by atoms with van der Waals surface area (Å²) in [6, 6.07) is 3.35. The van der Waals surface area contributed by atoms with Gasteiger partial charge in [-0.25, -0.2) is 4.79 Å². The molecule has 0 bridgehead atoms. The van der Waals surface area contributed by atoms with Gasteiger partial charge < -0.3 is 20.1 Å². The van der Waals surface area contributed by atoms with Gasteiger partial charge in [0, 0.05) is 55.3 Å². The molecule has 1 fully saturated rings. The Labute approximate surface area is 178 Å². The quantitative estimate of drug-likeness (QED) is 0.594. The predicted octanol–water partition coefficient (Wildman–Crippen LogP) is 1.54. The average molecular weight is 438 g/mol. The third-order valence-corrected chi connectivity index (χ3v) is 5.83. The van der Waals surface area contributed by atoms with Crippen molar-refractivity contribution in [1.82, 2.24) is 9.30 Å². The van der Waals surface area contributed by atoms with Crippen LogP contribution in [0, 0.1) is 6.92 Å². The average Bonchev–Trinajstić information content (AvgIpc) is 3.10. The second-order valence-electron chi connectivity index (χ2n) is 7.84. The van der Waals surface area contributed by atoms with Crippen LogP contribution in [0.1, 0.15) is 34.3 Å². The fourth-order valence-corrected chi connectivity index (χ4v) is 4.31. The predicted molar refractivity (Wildman–Crippen MR) is 113 cm³/mol. The Balaban J connectivity index is 1.99. The molecule has 2 aromatic rings. The van der Waals surface area contributed by atoms with E-state index in [1.807, 2.05) is 22.5 Å². The van der Waals surface area contributed by atoms with Gasteiger partial charge in [0.25, 0.3) is 0 Å². The minimum Gasteiger partial charge on any atom is -0.478 e. The molecular formula is C21H27F3N5O2+. The Kier molecular flexibility index (Phi) is 6.30. The lowest BCUT2D eigenvalue weighted by Gasteiger charge is -2.38. The molecule has 0 aliphatic carbocycles. The van der Waals surface area contributed by atoms with Crippen LogP contribution in [-0.4, -0.2) is 65.5 Å². The largest absolute Gasteiger partial charge is 0.478 e. The fraction of sp³-hybridized carbons (Fsp3) is 0.429. The number of carboxylic acid groups (broad SMARTS) is 1. The summed E-state index contributed by atoms with van der Waals surface area (Å²) < 4.78 is 40.0. The zero-order chi connectivity index (χ0) is 22.9. The van der Waals surface area contributed by atoms with Crippen LogP contribution in [0.25, 0.3) is 11.2 Å². The molecule has 10 heteroatoms. The Morgan fingerprint density at radius 3 is 2.55 bits per heavy atom. The number of carbonyl (C=O) groups is 1. The van der Waals surface area contributed by atoms with Crippen LogP contribution >= 0.6 is 0 Å². The monoisotopic (exact) mass is 438 g/mol. The summed E-state index contributed by atoms with van der Waals surface area (Å²) in [7, 11) is 1.85. The van der Waals surface area contributed by atoms with Gasteiger partial charge in [0.2, 0.25) is 0 Å². The number of rotatable bonds is 6. The van der Waals surface area contributed by atoms with E-state index in [9.17, 15) is 23.1 Å². The lowest BCUT2D eigenvalue weighted by Crippen LogP contribution is -2.46. The van der Waals surface area contributed by atoms with Crippen molar-refractivity contribution in [2.24, 2.45) is 5.73 Å². The first-order valence-corrected chi connectivity index (χ1v) is 9.94. The lowest BCUT2D eigenvalue weighted by molar-refractivity contribution is -0.147. The number of alkyl halides is 3. The number of aromatic carboxylic acids is 1. The van der Waals surface area contributed by atoms with Crippen molar-refractivity contribution >= 4 is 29.2 Å². The second kappa shape index (κ2) is 8.62. The summed E-state index contributed by atoms with van der Waals surface area (Å²) in [6.07, 6.45) is 1.53. The molecule has 0 saturated carbocycles. The summed E-state index contributed by atoms with van der Waals surface area (Å²) in [5.74, 6) is -0.380. The molecule has 31 heavy (non-hydrogen) atoms. The molecule has 1 aliphatic heterocycles. The van der Waals surface area contributed by atoms with Crippen LogP contribution in [0.15, 0.2) is 24.4 Å². The molecule has 0 spiro atoms. The van der Waals surface area contributed by atoms with Crippen LogP contribution in [0.2, 0.25) is 0 Å². The molecule has 7 nitrogen and oxygen atoms in total. The van der Waals surface area contributed by atoms with Gasteiger partial charge in [0.05, 0.1) is 17.6 Å². The van der Waals surface area contributed by atoms with Crippen molar-refractivity contribution in [3.63, 3.8) is 0 Å². The number of fused-ring (bicyclic) bond motifs is 1. The van der Waals surface area contributed by atoms with Gasteiger partial charge in [0.15, 0.2) is 6.21 Å². The number of hydrogen-bond donors (Lipinski definition) is 3. The van der Waals surface area contributed by atoms with Crippen molar-refractivity contribution in [2.45, 2.75) is 32.0 Å². The Hall–Kier alpha value is -3.01. The number of nitrogens with two attached hydrogens (primary N) is 2. The van der Waals surface area contributed by atoms with Gasteiger partial charge in [-0.3, -0.25) is 10.3 Å². The minimum absolute atomic E-state index is 0.0217. The summed E-state index contributed by atoms with van der Waals surface area (Å²) >= 11 is 0. The maximum Gasteiger partial charge on any atom is 0.401 e. The maximum absolute atomic E-state index is 12.7. The molecule has 0 amide bonds. The van der Waals surface area contributed by atoms with E-state index in [2.05, 4.69) is 0 Å². The molecule has 0 radical (unpaired) electrons. The normalized spacial score (nSPS) is 16.6. The highest BCUT2D eigenvalue weighted by Crippen LogP contribution is 2.32. The van der Waals surface area contributed by atoms with Crippen molar-refractivity contribution in [2.75, 3.05) is 31.6 Å².